The second-order valence-electron chi connectivity index (χ2n) is 6.58. The number of ether oxygens (including phenoxy) is 2. The van der Waals surface area contributed by atoms with Crippen molar-refractivity contribution in [2.45, 2.75) is 27.3 Å². The number of amides is 2. The molecular weight excluding hydrogens is 398 g/mol. The molecule has 0 unspecified atom stereocenters. The van der Waals surface area contributed by atoms with Crippen molar-refractivity contribution >= 4 is 17.7 Å². The normalized spacial score (nSPS) is 10.4. The molecule has 0 radical (unpaired) electrons. The van der Waals surface area contributed by atoms with E-state index < -0.39 is 12.0 Å². The quantitative estimate of drug-likeness (QED) is 0.516. The number of anilines is 1. The minimum Gasteiger partial charge on any atom is -0.494 e. The number of aryl methyl sites for hydroxylation is 1. The van der Waals surface area contributed by atoms with Crippen LogP contribution in [0.4, 0.5) is 10.5 Å². The third-order valence-corrected chi connectivity index (χ3v) is 4.38. The molecule has 31 heavy (non-hydrogen) atoms. The van der Waals surface area contributed by atoms with Crippen molar-refractivity contribution in [3.8, 4) is 17.2 Å². The van der Waals surface area contributed by atoms with E-state index >= 15 is 0 Å². The van der Waals surface area contributed by atoms with Crippen molar-refractivity contribution in [1.29, 1.82) is 0 Å². The van der Waals surface area contributed by atoms with Crippen molar-refractivity contribution in [2.75, 3.05) is 18.5 Å². The first-order valence-electron chi connectivity index (χ1n) is 10.0. The van der Waals surface area contributed by atoms with Crippen LogP contribution < -0.4 is 15.4 Å². The van der Waals surface area contributed by atoms with Crippen LogP contribution >= 0.6 is 0 Å². The van der Waals surface area contributed by atoms with E-state index in [1.807, 2.05) is 31.2 Å². The molecule has 0 aliphatic rings. The summed E-state index contributed by atoms with van der Waals surface area (Å²) in [6.07, 6.45) is 0. The predicted molar refractivity (Wildman–Crippen MR) is 116 cm³/mol. The smallest absolute Gasteiger partial charge is 0.338 e. The Morgan fingerprint density at radius 2 is 1.71 bits per heavy atom. The largest absolute Gasteiger partial charge is 0.494 e. The summed E-state index contributed by atoms with van der Waals surface area (Å²) in [6, 6.07) is 13.5. The Hall–Kier alpha value is -3.81. The van der Waals surface area contributed by atoms with Gasteiger partial charge in [-0.15, -0.1) is 0 Å². The molecule has 1 heterocycles. The van der Waals surface area contributed by atoms with Crippen molar-refractivity contribution in [3.05, 3.63) is 65.5 Å². The van der Waals surface area contributed by atoms with Crippen molar-refractivity contribution < 1.29 is 23.5 Å². The van der Waals surface area contributed by atoms with Gasteiger partial charge < -0.3 is 24.5 Å². The molecule has 0 spiro atoms. The molecule has 0 aliphatic carbocycles. The van der Waals surface area contributed by atoms with Crippen molar-refractivity contribution in [2.24, 2.45) is 0 Å². The van der Waals surface area contributed by atoms with Gasteiger partial charge in [-0.1, -0.05) is 0 Å². The lowest BCUT2D eigenvalue weighted by Crippen LogP contribution is -2.28. The molecule has 2 amide bonds. The van der Waals surface area contributed by atoms with E-state index in [1.165, 1.54) is 0 Å². The first-order valence-corrected chi connectivity index (χ1v) is 10.0. The van der Waals surface area contributed by atoms with Crippen molar-refractivity contribution in [1.82, 2.24) is 10.3 Å². The first-order chi connectivity index (χ1) is 15.0. The number of carbonyl (C=O) groups excluding carboxylic acids is 2. The average molecular weight is 423 g/mol. The van der Waals surface area contributed by atoms with Gasteiger partial charge in [0.15, 0.2) is 0 Å². The number of urea groups is 1. The molecule has 0 bridgehead atoms. The Labute approximate surface area is 180 Å². The molecule has 3 aromatic rings. The van der Waals surface area contributed by atoms with E-state index in [0.29, 0.717) is 41.8 Å². The van der Waals surface area contributed by atoms with Crippen LogP contribution in [-0.2, 0) is 11.3 Å². The fourth-order valence-electron chi connectivity index (χ4n) is 2.82. The average Bonchev–Trinajstić information content (AvgIpc) is 3.14. The van der Waals surface area contributed by atoms with Crippen molar-refractivity contribution in [3.63, 3.8) is 0 Å². The van der Waals surface area contributed by atoms with Gasteiger partial charge in [-0.3, -0.25) is 0 Å². The highest BCUT2D eigenvalue weighted by Crippen LogP contribution is 2.24. The minimum absolute atomic E-state index is 0.207. The van der Waals surface area contributed by atoms with Gasteiger partial charge in [-0.05, 0) is 69.3 Å². The lowest BCUT2D eigenvalue weighted by molar-refractivity contribution is 0.0526. The van der Waals surface area contributed by atoms with Crippen LogP contribution in [0, 0.1) is 6.92 Å². The maximum atomic E-state index is 12.2. The molecule has 2 N–H and O–H groups in total. The Morgan fingerprint density at radius 3 is 2.35 bits per heavy atom. The van der Waals surface area contributed by atoms with Gasteiger partial charge in [0, 0.05) is 11.3 Å². The van der Waals surface area contributed by atoms with Gasteiger partial charge in [0.2, 0.25) is 5.89 Å². The van der Waals surface area contributed by atoms with Crippen LogP contribution in [0.25, 0.3) is 11.5 Å². The van der Waals surface area contributed by atoms with Crippen LogP contribution in [0.3, 0.4) is 0 Å². The zero-order valence-electron chi connectivity index (χ0n) is 17.7. The minimum atomic E-state index is -0.400. The summed E-state index contributed by atoms with van der Waals surface area (Å²) in [5, 5.41) is 5.46. The summed E-state index contributed by atoms with van der Waals surface area (Å²) >= 11 is 0. The lowest BCUT2D eigenvalue weighted by Gasteiger charge is -2.07. The molecular formula is C23H25N3O5. The number of nitrogens with one attached hydrogen (secondary N) is 2. The third-order valence-electron chi connectivity index (χ3n) is 4.38. The van der Waals surface area contributed by atoms with E-state index in [9.17, 15) is 9.59 Å². The Balaban J connectivity index is 1.56. The summed E-state index contributed by atoms with van der Waals surface area (Å²) < 4.78 is 16.1. The first kappa shape index (κ1) is 21.9. The topological polar surface area (TPSA) is 103 Å². The van der Waals surface area contributed by atoms with E-state index in [1.54, 1.807) is 38.1 Å². The molecule has 0 saturated heterocycles. The molecule has 0 saturated carbocycles. The van der Waals surface area contributed by atoms with Crippen LogP contribution in [-0.4, -0.2) is 30.2 Å². The molecule has 0 fully saturated rings. The fraction of sp³-hybridized carbons (Fsp3) is 0.261. The fourth-order valence-corrected chi connectivity index (χ4v) is 2.82. The third kappa shape index (κ3) is 5.85. The zero-order valence-corrected chi connectivity index (χ0v) is 17.7. The van der Waals surface area contributed by atoms with Gasteiger partial charge in [-0.25, -0.2) is 14.6 Å². The van der Waals surface area contributed by atoms with E-state index in [2.05, 4.69) is 15.6 Å². The van der Waals surface area contributed by atoms with Crippen LogP contribution in [0.15, 0.2) is 52.9 Å². The standard InChI is InChI=1S/C23H25N3O5/c1-4-29-19-12-8-16(9-13-19)21-26-20(15(3)31-21)14-24-23(28)25-18-10-6-17(7-11-18)22(27)30-5-2/h6-13H,4-5,14H2,1-3H3,(H2,24,25,28). The number of aromatic nitrogens is 1. The van der Waals surface area contributed by atoms with Gasteiger partial charge in [0.25, 0.3) is 0 Å². The summed E-state index contributed by atoms with van der Waals surface area (Å²) in [6.45, 7) is 6.59. The van der Waals surface area contributed by atoms with Gasteiger partial charge >= 0.3 is 12.0 Å². The molecule has 1 aromatic heterocycles. The molecule has 162 valence electrons. The Kier molecular flexibility index (Phi) is 7.26. The van der Waals surface area contributed by atoms with E-state index in [-0.39, 0.29) is 6.54 Å². The highest BCUT2D eigenvalue weighted by molar-refractivity contribution is 5.92. The number of benzene rings is 2. The van der Waals surface area contributed by atoms with Gasteiger partial charge in [-0.2, -0.15) is 0 Å². The maximum Gasteiger partial charge on any atom is 0.338 e. The SMILES string of the molecule is CCOC(=O)c1ccc(NC(=O)NCc2nc(-c3ccc(OCC)cc3)oc2C)cc1. The molecule has 2 aromatic carbocycles. The number of rotatable bonds is 8. The summed E-state index contributed by atoms with van der Waals surface area (Å²) in [4.78, 5) is 28.4. The number of carbonyl (C=O) groups is 2. The van der Waals surface area contributed by atoms with Gasteiger partial charge in [0.05, 0.1) is 25.3 Å². The summed E-state index contributed by atoms with van der Waals surface area (Å²) in [5.74, 6) is 1.49. The van der Waals surface area contributed by atoms with Crippen LogP contribution in [0.2, 0.25) is 0 Å². The highest BCUT2D eigenvalue weighted by atomic mass is 16.5. The lowest BCUT2D eigenvalue weighted by atomic mass is 10.2. The number of hydrogen-bond donors (Lipinski definition) is 2. The van der Waals surface area contributed by atoms with Crippen LogP contribution in [0.1, 0.15) is 35.7 Å². The van der Waals surface area contributed by atoms with Gasteiger partial charge in [0.1, 0.15) is 17.2 Å². The summed E-state index contributed by atoms with van der Waals surface area (Å²) in [7, 11) is 0. The van der Waals surface area contributed by atoms with E-state index in [4.69, 9.17) is 13.9 Å². The monoisotopic (exact) mass is 423 g/mol. The highest BCUT2D eigenvalue weighted by Gasteiger charge is 2.13. The number of hydrogen-bond acceptors (Lipinski definition) is 6. The number of oxazole rings is 1. The Bertz CT molecular complexity index is 1030. The van der Waals surface area contributed by atoms with E-state index in [0.717, 1.165) is 11.3 Å². The molecule has 0 atom stereocenters. The number of nitrogens with zero attached hydrogens (tertiary/aromatic N) is 1. The Morgan fingerprint density at radius 1 is 1.00 bits per heavy atom. The predicted octanol–water partition coefficient (Wildman–Crippen LogP) is 4.55. The molecule has 8 heteroatoms. The van der Waals surface area contributed by atoms with Crippen LogP contribution in [0.5, 0.6) is 5.75 Å². The maximum absolute atomic E-state index is 12.2. The second kappa shape index (κ2) is 10.3. The molecule has 0 aliphatic heterocycles. The number of esters is 1. The molecule has 3 rings (SSSR count). The molecule has 8 nitrogen and oxygen atoms in total. The zero-order chi connectivity index (χ0) is 22.2. The summed E-state index contributed by atoms with van der Waals surface area (Å²) in [5.41, 5.74) is 2.44. The second-order valence-corrected chi connectivity index (χ2v) is 6.58.